The van der Waals surface area contributed by atoms with Gasteiger partial charge in [0.2, 0.25) is 0 Å². The number of quaternary nitrogens is 1. The Kier molecular flexibility index (Phi) is 7.39. The number of hydrogen-bond donors (Lipinski definition) is 0. The van der Waals surface area contributed by atoms with E-state index in [1.807, 2.05) is 13.8 Å². The standard InChI is InChI=1S/C13H28NO2/c1-6-8-9-14(4,5)10-11-16-13(15)12(3)7-2/h12H,6-11H2,1-5H3/q+1. The van der Waals surface area contributed by atoms with E-state index in [-0.39, 0.29) is 11.9 Å². The van der Waals surface area contributed by atoms with Crippen LogP contribution in [0.1, 0.15) is 40.0 Å². The zero-order valence-corrected chi connectivity index (χ0v) is 11.6. The van der Waals surface area contributed by atoms with Crippen molar-refractivity contribution in [3.05, 3.63) is 0 Å². The molecule has 0 aromatic rings. The van der Waals surface area contributed by atoms with Gasteiger partial charge in [0.15, 0.2) is 0 Å². The molecular formula is C13H28NO2+. The van der Waals surface area contributed by atoms with E-state index in [1.165, 1.54) is 12.8 Å². The fourth-order valence-electron chi connectivity index (χ4n) is 1.40. The summed E-state index contributed by atoms with van der Waals surface area (Å²) in [7, 11) is 4.37. The summed E-state index contributed by atoms with van der Waals surface area (Å²) in [5.41, 5.74) is 0. The van der Waals surface area contributed by atoms with Crippen molar-refractivity contribution in [3.8, 4) is 0 Å². The number of hydrogen-bond acceptors (Lipinski definition) is 2. The number of unbranched alkanes of at least 4 members (excludes halogenated alkanes) is 1. The normalized spacial score (nSPS) is 13.6. The van der Waals surface area contributed by atoms with E-state index in [0.717, 1.165) is 24.0 Å². The van der Waals surface area contributed by atoms with Crippen molar-refractivity contribution in [2.45, 2.75) is 40.0 Å². The number of nitrogens with zero attached hydrogens (tertiary/aromatic N) is 1. The molecule has 1 unspecified atom stereocenters. The second kappa shape index (κ2) is 7.66. The molecule has 0 aliphatic carbocycles. The fourth-order valence-corrected chi connectivity index (χ4v) is 1.40. The third-order valence-electron chi connectivity index (χ3n) is 3.07. The van der Waals surface area contributed by atoms with Gasteiger partial charge >= 0.3 is 5.97 Å². The maximum atomic E-state index is 11.4. The van der Waals surface area contributed by atoms with E-state index in [2.05, 4.69) is 21.0 Å². The number of likely N-dealkylation sites (N-methyl/N-ethyl adjacent to an activating group) is 1. The average molecular weight is 230 g/mol. The highest BCUT2D eigenvalue weighted by atomic mass is 16.5. The number of rotatable bonds is 8. The zero-order chi connectivity index (χ0) is 12.6. The molecule has 0 heterocycles. The van der Waals surface area contributed by atoms with Crippen molar-refractivity contribution >= 4 is 5.97 Å². The zero-order valence-electron chi connectivity index (χ0n) is 11.6. The van der Waals surface area contributed by atoms with Crippen LogP contribution in [0.25, 0.3) is 0 Å². The van der Waals surface area contributed by atoms with Gasteiger partial charge in [-0.3, -0.25) is 4.79 Å². The smallest absolute Gasteiger partial charge is 0.308 e. The summed E-state index contributed by atoms with van der Waals surface area (Å²) in [6.45, 7) is 8.72. The first kappa shape index (κ1) is 15.4. The Morgan fingerprint density at radius 2 is 1.88 bits per heavy atom. The minimum Gasteiger partial charge on any atom is -0.459 e. The van der Waals surface area contributed by atoms with Crippen molar-refractivity contribution in [1.29, 1.82) is 0 Å². The number of carbonyl (C=O) groups is 1. The molecule has 16 heavy (non-hydrogen) atoms. The molecule has 0 bridgehead atoms. The van der Waals surface area contributed by atoms with E-state index in [9.17, 15) is 4.79 Å². The van der Waals surface area contributed by atoms with Crippen LogP contribution in [0.5, 0.6) is 0 Å². The molecule has 3 nitrogen and oxygen atoms in total. The summed E-state index contributed by atoms with van der Waals surface area (Å²) < 4.78 is 6.19. The summed E-state index contributed by atoms with van der Waals surface area (Å²) in [4.78, 5) is 11.4. The Morgan fingerprint density at radius 3 is 2.38 bits per heavy atom. The minimum atomic E-state index is -0.0574. The van der Waals surface area contributed by atoms with Gasteiger partial charge in [0.25, 0.3) is 0 Å². The highest BCUT2D eigenvalue weighted by Crippen LogP contribution is 2.05. The van der Waals surface area contributed by atoms with Gasteiger partial charge in [0, 0.05) is 0 Å². The van der Waals surface area contributed by atoms with Crippen LogP contribution in [-0.4, -0.2) is 44.2 Å². The van der Waals surface area contributed by atoms with E-state index in [1.54, 1.807) is 0 Å². The first-order chi connectivity index (χ1) is 7.43. The van der Waals surface area contributed by atoms with E-state index in [4.69, 9.17) is 4.74 Å². The Hall–Kier alpha value is -0.570. The molecule has 0 spiro atoms. The van der Waals surface area contributed by atoms with Crippen molar-refractivity contribution in [2.75, 3.05) is 33.8 Å². The molecule has 0 rings (SSSR count). The Balaban J connectivity index is 3.75. The Labute approximate surface area is 100 Å². The van der Waals surface area contributed by atoms with Gasteiger partial charge in [-0.15, -0.1) is 0 Å². The number of esters is 1. The van der Waals surface area contributed by atoms with Crippen LogP contribution < -0.4 is 0 Å². The van der Waals surface area contributed by atoms with Crippen LogP contribution in [0.15, 0.2) is 0 Å². The minimum absolute atomic E-state index is 0.0336. The lowest BCUT2D eigenvalue weighted by atomic mass is 10.1. The molecule has 0 saturated carbocycles. The van der Waals surface area contributed by atoms with Crippen LogP contribution in [0.3, 0.4) is 0 Å². The monoisotopic (exact) mass is 230 g/mol. The van der Waals surface area contributed by atoms with Gasteiger partial charge in [-0.25, -0.2) is 0 Å². The van der Waals surface area contributed by atoms with Gasteiger partial charge in [0.1, 0.15) is 13.2 Å². The third kappa shape index (κ3) is 6.83. The van der Waals surface area contributed by atoms with Gasteiger partial charge in [-0.05, 0) is 12.8 Å². The summed E-state index contributed by atoms with van der Waals surface area (Å²) in [6.07, 6.45) is 3.30. The molecule has 0 aliphatic heterocycles. The summed E-state index contributed by atoms with van der Waals surface area (Å²) in [5, 5.41) is 0. The Bertz CT molecular complexity index is 202. The third-order valence-corrected chi connectivity index (χ3v) is 3.07. The molecule has 96 valence electrons. The lowest BCUT2D eigenvalue weighted by Crippen LogP contribution is -2.43. The lowest BCUT2D eigenvalue weighted by Gasteiger charge is -2.29. The molecule has 3 heteroatoms. The number of carbonyl (C=O) groups excluding carboxylic acids is 1. The molecule has 0 radical (unpaired) electrons. The van der Waals surface area contributed by atoms with E-state index >= 15 is 0 Å². The van der Waals surface area contributed by atoms with Crippen molar-refractivity contribution < 1.29 is 14.0 Å². The topological polar surface area (TPSA) is 26.3 Å². The van der Waals surface area contributed by atoms with Gasteiger partial charge < -0.3 is 9.22 Å². The van der Waals surface area contributed by atoms with Crippen molar-refractivity contribution in [2.24, 2.45) is 5.92 Å². The van der Waals surface area contributed by atoms with Crippen LogP contribution in [-0.2, 0) is 9.53 Å². The van der Waals surface area contributed by atoms with E-state index < -0.39 is 0 Å². The lowest BCUT2D eigenvalue weighted by molar-refractivity contribution is -0.890. The molecule has 0 amide bonds. The van der Waals surface area contributed by atoms with Crippen LogP contribution in [0.4, 0.5) is 0 Å². The SMILES string of the molecule is CCCC[N+](C)(C)CCOC(=O)C(C)CC. The number of ether oxygens (including phenoxy) is 1. The molecule has 0 aromatic carbocycles. The second-order valence-electron chi connectivity index (χ2n) is 5.21. The molecule has 0 fully saturated rings. The quantitative estimate of drug-likeness (QED) is 0.473. The average Bonchev–Trinajstić information content (AvgIpc) is 2.24. The van der Waals surface area contributed by atoms with Crippen LogP contribution >= 0.6 is 0 Å². The Morgan fingerprint density at radius 1 is 1.25 bits per heavy atom. The van der Waals surface area contributed by atoms with Crippen LogP contribution in [0.2, 0.25) is 0 Å². The van der Waals surface area contributed by atoms with Gasteiger partial charge in [-0.1, -0.05) is 27.2 Å². The summed E-state index contributed by atoms with van der Waals surface area (Å²) in [6, 6.07) is 0. The largest absolute Gasteiger partial charge is 0.459 e. The van der Waals surface area contributed by atoms with Gasteiger partial charge in [-0.2, -0.15) is 0 Å². The molecule has 0 saturated heterocycles. The highest BCUT2D eigenvalue weighted by molar-refractivity contribution is 5.71. The predicted octanol–water partition coefficient (Wildman–Crippen LogP) is 2.45. The summed E-state index contributed by atoms with van der Waals surface area (Å²) in [5.74, 6) is -0.0238. The molecule has 1 atom stereocenters. The highest BCUT2D eigenvalue weighted by Gasteiger charge is 2.17. The molecule has 0 aliphatic rings. The second-order valence-corrected chi connectivity index (χ2v) is 5.21. The van der Waals surface area contributed by atoms with Crippen molar-refractivity contribution in [3.63, 3.8) is 0 Å². The van der Waals surface area contributed by atoms with Gasteiger partial charge in [0.05, 0.1) is 26.6 Å². The summed E-state index contributed by atoms with van der Waals surface area (Å²) >= 11 is 0. The fraction of sp³-hybridized carbons (Fsp3) is 0.923. The predicted molar refractivity (Wildman–Crippen MR) is 67.2 cm³/mol. The van der Waals surface area contributed by atoms with Crippen LogP contribution in [0, 0.1) is 5.92 Å². The maximum Gasteiger partial charge on any atom is 0.308 e. The molecule has 0 N–H and O–H groups in total. The maximum absolute atomic E-state index is 11.4. The van der Waals surface area contributed by atoms with Crippen molar-refractivity contribution in [1.82, 2.24) is 0 Å². The first-order valence-electron chi connectivity index (χ1n) is 6.41. The first-order valence-corrected chi connectivity index (χ1v) is 6.41. The molecule has 0 aromatic heterocycles. The molecular weight excluding hydrogens is 202 g/mol. The van der Waals surface area contributed by atoms with E-state index in [0.29, 0.717) is 6.61 Å².